The van der Waals surface area contributed by atoms with E-state index in [1.54, 1.807) is 0 Å². The van der Waals surface area contributed by atoms with Crippen LogP contribution in [-0.2, 0) is 11.2 Å². The number of aliphatic carboxylic acids is 1. The molecule has 3 N–H and O–H groups in total. The molecule has 15 heavy (non-hydrogen) atoms. The topological polar surface area (TPSA) is 63.3 Å². The van der Waals surface area contributed by atoms with Crippen LogP contribution in [0.5, 0.6) is 0 Å². The third kappa shape index (κ3) is 1.88. The lowest BCUT2D eigenvalue weighted by Crippen LogP contribution is -2.38. The van der Waals surface area contributed by atoms with Gasteiger partial charge in [-0.25, -0.2) is 0 Å². The van der Waals surface area contributed by atoms with Gasteiger partial charge in [0.1, 0.15) is 6.04 Å². The van der Waals surface area contributed by atoms with Gasteiger partial charge in [-0.05, 0) is 30.4 Å². The predicted molar refractivity (Wildman–Crippen MR) is 57.7 cm³/mol. The lowest BCUT2D eigenvalue weighted by Gasteiger charge is -2.27. The number of hydrogen-bond donors (Lipinski definition) is 2. The zero-order valence-electron chi connectivity index (χ0n) is 8.52. The fourth-order valence-electron chi connectivity index (χ4n) is 2.34. The lowest BCUT2D eigenvalue weighted by atomic mass is 9.79. The molecule has 0 aliphatic heterocycles. The highest BCUT2D eigenvalue weighted by Gasteiger charge is 2.29. The predicted octanol–water partition coefficient (Wildman–Crippen LogP) is 1.52. The number of rotatable bonds is 2. The minimum absolute atomic E-state index is 0.0209. The number of carbonyl (C=O) groups is 1. The van der Waals surface area contributed by atoms with Crippen molar-refractivity contribution in [2.45, 2.75) is 31.2 Å². The van der Waals surface area contributed by atoms with E-state index >= 15 is 0 Å². The number of carboxylic acid groups (broad SMARTS) is 1. The summed E-state index contributed by atoms with van der Waals surface area (Å²) >= 11 is 0. The second-order valence-corrected chi connectivity index (χ2v) is 4.06. The fourth-order valence-corrected chi connectivity index (χ4v) is 2.34. The minimum atomic E-state index is -0.906. The van der Waals surface area contributed by atoms with Crippen molar-refractivity contribution in [2.24, 2.45) is 5.73 Å². The monoisotopic (exact) mass is 205 g/mol. The normalized spacial score (nSPS) is 21.8. The molecule has 1 aromatic carbocycles. The highest BCUT2D eigenvalue weighted by molar-refractivity contribution is 5.74. The zero-order valence-corrected chi connectivity index (χ0v) is 8.52. The summed E-state index contributed by atoms with van der Waals surface area (Å²) in [6, 6.07) is 7.24. The molecule has 1 aliphatic carbocycles. The maximum atomic E-state index is 10.9. The quantitative estimate of drug-likeness (QED) is 0.769. The van der Waals surface area contributed by atoms with Gasteiger partial charge < -0.3 is 10.8 Å². The summed E-state index contributed by atoms with van der Waals surface area (Å²) in [5.74, 6) is -0.927. The van der Waals surface area contributed by atoms with Crippen LogP contribution in [0.25, 0.3) is 0 Å². The van der Waals surface area contributed by atoms with Gasteiger partial charge in [0.05, 0.1) is 0 Å². The van der Waals surface area contributed by atoms with Gasteiger partial charge in [-0.2, -0.15) is 0 Å². The Balaban J connectivity index is 2.33. The van der Waals surface area contributed by atoms with Gasteiger partial charge in [0.25, 0.3) is 0 Å². The maximum absolute atomic E-state index is 10.9. The molecule has 0 bridgehead atoms. The molecule has 80 valence electrons. The molecule has 3 nitrogen and oxygen atoms in total. The van der Waals surface area contributed by atoms with E-state index in [1.165, 1.54) is 5.56 Å². The molecule has 1 aliphatic rings. The first-order valence-electron chi connectivity index (χ1n) is 5.26. The second-order valence-electron chi connectivity index (χ2n) is 4.06. The Morgan fingerprint density at radius 1 is 1.47 bits per heavy atom. The summed E-state index contributed by atoms with van der Waals surface area (Å²) in [7, 11) is 0. The van der Waals surface area contributed by atoms with Crippen LogP contribution in [0.2, 0.25) is 0 Å². The van der Waals surface area contributed by atoms with Crippen molar-refractivity contribution in [1.29, 1.82) is 0 Å². The van der Waals surface area contributed by atoms with Crippen LogP contribution < -0.4 is 5.73 Å². The van der Waals surface area contributed by atoms with Crippen molar-refractivity contribution in [3.8, 4) is 0 Å². The third-order valence-electron chi connectivity index (χ3n) is 3.13. The van der Waals surface area contributed by atoms with E-state index in [2.05, 4.69) is 6.07 Å². The Morgan fingerprint density at radius 3 is 2.93 bits per heavy atom. The molecule has 3 heteroatoms. The molecule has 0 saturated heterocycles. The molecule has 0 unspecified atom stereocenters. The van der Waals surface area contributed by atoms with Crippen molar-refractivity contribution in [3.05, 3.63) is 35.4 Å². The van der Waals surface area contributed by atoms with Gasteiger partial charge in [0, 0.05) is 5.92 Å². The van der Waals surface area contributed by atoms with E-state index < -0.39 is 12.0 Å². The highest BCUT2D eigenvalue weighted by Crippen LogP contribution is 2.33. The number of fused-ring (bicyclic) bond motifs is 1. The van der Waals surface area contributed by atoms with Gasteiger partial charge in [-0.15, -0.1) is 0 Å². The van der Waals surface area contributed by atoms with Gasteiger partial charge in [-0.3, -0.25) is 4.79 Å². The molecule has 2 atom stereocenters. The average Bonchev–Trinajstić information content (AvgIpc) is 2.27. The summed E-state index contributed by atoms with van der Waals surface area (Å²) in [5, 5.41) is 8.93. The second kappa shape index (κ2) is 4.03. The number of hydrogen-bond acceptors (Lipinski definition) is 2. The van der Waals surface area contributed by atoms with Crippen LogP contribution in [0.3, 0.4) is 0 Å². The first kappa shape index (κ1) is 10.2. The summed E-state index contributed by atoms with van der Waals surface area (Å²) in [4.78, 5) is 10.9. The Morgan fingerprint density at radius 2 is 2.20 bits per heavy atom. The van der Waals surface area contributed by atoms with Crippen molar-refractivity contribution in [1.82, 2.24) is 0 Å². The Bertz CT molecular complexity index is 376. The molecule has 0 radical (unpaired) electrons. The third-order valence-corrected chi connectivity index (χ3v) is 3.13. The van der Waals surface area contributed by atoms with E-state index in [4.69, 9.17) is 10.8 Å². The molecule has 0 aromatic heterocycles. The number of carboxylic acids is 1. The lowest BCUT2D eigenvalue weighted by molar-refractivity contribution is -0.139. The molecule has 1 aromatic rings. The van der Waals surface area contributed by atoms with Gasteiger partial charge >= 0.3 is 5.97 Å². The van der Waals surface area contributed by atoms with Crippen LogP contribution in [-0.4, -0.2) is 17.1 Å². The maximum Gasteiger partial charge on any atom is 0.321 e. The highest BCUT2D eigenvalue weighted by atomic mass is 16.4. The van der Waals surface area contributed by atoms with Crippen molar-refractivity contribution in [3.63, 3.8) is 0 Å². The smallest absolute Gasteiger partial charge is 0.321 e. The van der Waals surface area contributed by atoms with Crippen LogP contribution >= 0.6 is 0 Å². The molecular formula is C12H15NO2. The van der Waals surface area contributed by atoms with Crippen LogP contribution in [0, 0.1) is 0 Å². The minimum Gasteiger partial charge on any atom is -0.480 e. The summed E-state index contributed by atoms with van der Waals surface area (Å²) in [6.07, 6.45) is 2.95. The van der Waals surface area contributed by atoms with Gasteiger partial charge in [0.15, 0.2) is 0 Å². The average molecular weight is 205 g/mol. The molecule has 0 fully saturated rings. The van der Waals surface area contributed by atoms with Crippen molar-refractivity contribution in [2.75, 3.05) is 0 Å². The molecule has 2 rings (SSSR count). The first-order chi connectivity index (χ1) is 7.20. The number of benzene rings is 1. The summed E-state index contributed by atoms with van der Waals surface area (Å²) < 4.78 is 0. The summed E-state index contributed by atoms with van der Waals surface area (Å²) in [6.45, 7) is 0. The number of nitrogens with two attached hydrogens (primary N) is 1. The number of aryl methyl sites for hydroxylation is 1. The zero-order chi connectivity index (χ0) is 10.8. The van der Waals surface area contributed by atoms with E-state index in [1.807, 2.05) is 18.2 Å². The molecule has 0 amide bonds. The van der Waals surface area contributed by atoms with Gasteiger partial charge in [-0.1, -0.05) is 24.3 Å². The molecule has 0 saturated carbocycles. The molecule has 0 spiro atoms. The molecular weight excluding hydrogens is 190 g/mol. The van der Waals surface area contributed by atoms with E-state index in [-0.39, 0.29) is 5.92 Å². The van der Waals surface area contributed by atoms with Crippen LogP contribution in [0.4, 0.5) is 0 Å². The van der Waals surface area contributed by atoms with E-state index in [0.717, 1.165) is 24.8 Å². The van der Waals surface area contributed by atoms with Crippen LogP contribution in [0.15, 0.2) is 24.3 Å². The Hall–Kier alpha value is -1.35. The van der Waals surface area contributed by atoms with Gasteiger partial charge in [0.2, 0.25) is 0 Å². The summed E-state index contributed by atoms with van der Waals surface area (Å²) in [5.41, 5.74) is 8.09. The first-order valence-corrected chi connectivity index (χ1v) is 5.26. The largest absolute Gasteiger partial charge is 0.480 e. The Kier molecular flexibility index (Phi) is 2.73. The van der Waals surface area contributed by atoms with Crippen molar-refractivity contribution < 1.29 is 9.90 Å². The standard InChI is InChI=1S/C12H15NO2/c13-11(12(14)15)10-7-3-5-8-4-1-2-6-9(8)10/h1-2,4,6,10-11H,3,5,7,13H2,(H,14,15)/t10-,11-/m0/s1. The van der Waals surface area contributed by atoms with Crippen molar-refractivity contribution >= 4 is 5.97 Å². The molecule has 0 heterocycles. The fraction of sp³-hybridized carbons (Fsp3) is 0.417. The SMILES string of the molecule is N[C@H](C(=O)O)[C@H]1CCCc2ccccc21. The van der Waals surface area contributed by atoms with E-state index in [0.29, 0.717) is 0 Å². The Labute approximate surface area is 88.9 Å². The van der Waals surface area contributed by atoms with E-state index in [9.17, 15) is 4.79 Å². The van der Waals surface area contributed by atoms with Crippen LogP contribution in [0.1, 0.15) is 29.9 Å².